The normalized spacial score (nSPS) is 17.2. The molecule has 0 fully saturated rings. The molecular weight excluding hydrogens is 1300 g/mol. The fraction of sp³-hybridized carbons (Fsp3) is 0.192. The smallest absolute Gasteiger partial charge is 0.252 e. The van der Waals surface area contributed by atoms with Gasteiger partial charge in [0.2, 0.25) is 0 Å². The molecule has 3 atom stereocenters. The maximum Gasteiger partial charge on any atom is 0.252 e. The minimum absolute atomic E-state index is 0.0227. The van der Waals surface area contributed by atoms with E-state index in [9.17, 15) is 0 Å². The van der Waals surface area contributed by atoms with E-state index in [0.29, 0.717) is 5.92 Å². The molecule has 0 bridgehead atoms. The molecule has 0 amide bonds. The lowest BCUT2D eigenvalue weighted by Crippen LogP contribution is -2.61. The lowest BCUT2D eigenvalue weighted by Gasteiger charge is -2.48. The Hall–Kier alpha value is -11.5. The molecule has 13 aromatic rings. The second-order valence-electron chi connectivity index (χ2n) is 35.2. The quantitative estimate of drug-likeness (QED) is 0.133. The first kappa shape index (κ1) is 67.2. The van der Waals surface area contributed by atoms with E-state index in [0.717, 1.165) is 73.8 Å². The number of anilines is 6. The van der Waals surface area contributed by atoms with Gasteiger partial charge in [-0.2, -0.15) is 0 Å². The third kappa shape index (κ3) is 11.1. The van der Waals surface area contributed by atoms with Gasteiger partial charge >= 0.3 is 0 Å². The summed E-state index contributed by atoms with van der Waals surface area (Å²) in [6, 6.07) is 105. The molecule has 3 nitrogen and oxygen atoms in total. The molecule has 3 unspecified atom stereocenters. The molecule has 4 aliphatic carbocycles. The van der Waals surface area contributed by atoms with Gasteiger partial charge in [0.05, 0.1) is 28.1 Å². The predicted octanol–water partition coefficient (Wildman–Crippen LogP) is 26.2. The Morgan fingerprint density at radius 1 is 0.352 bits per heavy atom. The van der Waals surface area contributed by atoms with Crippen LogP contribution in [-0.4, -0.2) is 11.3 Å². The van der Waals surface area contributed by atoms with E-state index in [4.69, 9.17) is 0 Å². The summed E-state index contributed by atoms with van der Waals surface area (Å²) in [4.78, 5) is 5.52. The highest BCUT2D eigenvalue weighted by Gasteiger charge is 2.49. The van der Waals surface area contributed by atoms with Crippen LogP contribution in [0.25, 0.3) is 88.7 Å². The standard InChI is InChI=1S/C104H92BN3/c1-101(2,3)75-52-72-46-47-73-53-76(102(4,5)6)62-87-82(55-74(54-75)96(72)97(73)87)71-48-50-88-93(57-71)108(100-85(68-38-24-16-25-39-68)60-78(104(10,11)12)61-86(100)69-40-26-17-27-41-69)95-64-79(106-90-44-30-28-42-80(90)81-43-29-31-45-91(81)106)63-94-98(95)105(88)89-56-70(65-32-18-13-19-33-65)49-51-92(89)107(94)99-83(66-34-20-14-21-35-66)58-77(103(7,8)9)59-84(99)67-36-22-15-23-37-67/h13-52,54-64,73,96-97H,53H2,1-12H3. The molecule has 3 heterocycles. The first-order valence-electron chi connectivity index (χ1n) is 39.1. The minimum Gasteiger partial charge on any atom is -0.310 e. The number of rotatable bonds is 9. The van der Waals surface area contributed by atoms with Gasteiger partial charge in [0.1, 0.15) is 0 Å². The van der Waals surface area contributed by atoms with Crippen molar-refractivity contribution in [3.63, 3.8) is 0 Å². The molecule has 12 aromatic carbocycles. The van der Waals surface area contributed by atoms with E-state index >= 15 is 0 Å². The van der Waals surface area contributed by atoms with Crippen LogP contribution in [0, 0.1) is 28.6 Å². The Bertz CT molecular complexity index is 5870. The number of allylic oxidation sites excluding steroid dienone is 12. The number of hydrogen-bond acceptors (Lipinski definition) is 2. The molecule has 0 N–H and O–H groups in total. The lowest BCUT2D eigenvalue weighted by atomic mass is 9.33. The summed E-state index contributed by atoms with van der Waals surface area (Å²) in [7, 11) is 0. The topological polar surface area (TPSA) is 11.4 Å². The maximum absolute atomic E-state index is 2.79. The van der Waals surface area contributed by atoms with Gasteiger partial charge in [-0.1, -0.05) is 337 Å². The Labute approximate surface area is 639 Å². The first-order valence-corrected chi connectivity index (χ1v) is 39.1. The molecule has 1 aromatic heterocycles. The summed E-state index contributed by atoms with van der Waals surface area (Å²) in [5.74, 6) is 0.927. The molecule has 108 heavy (non-hydrogen) atoms. The summed E-state index contributed by atoms with van der Waals surface area (Å²) in [5.41, 5.74) is 37.6. The zero-order valence-electron chi connectivity index (χ0n) is 64.3. The van der Waals surface area contributed by atoms with Gasteiger partial charge in [-0.25, -0.2) is 0 Å². The van der Waals surface area contributed by atoms with Crippen molar-refractivity contribution in [2.45, 2.75) is 100 Å². The highest BCUT2D eigenvalue weighted by atomic mass is 15.2. The van der Waals surface area contributed by atoms with Crippen molar-refractivity contribution in [2.24, 2.45) is 28.6 Å². The van der Waals surface area contributed by atoms with E-state index < -0.39 is 0 Å². The molecule has 4 heteroatoms. The zero-order valence-corrected chi connectivity index (χ0v) is 64.3. The maximum atomic E-state index is 2.79. The van der Waals surface area contributed by atoms with E-state index in [1.54, 1.807) is 0 Å². The number of fused-ring (bicyclic) bond motifs is 7. The van der Waals surface area contributed by atoms with Gasteiger partial charge in [-0.15, -0.1) is 0 Å². The second-order valence-corrected chi connectivity index (χ2v) is 35.2. The van der Waals surface area contributed by atoms with Crippen molar-refractivity contribution < 1.29 is 0 Å². The van der Waals surface area contributed by atoms with E-state index in [2.05, 4.69) is 407 Å². The molecule has 0 saturated heterocycles. The van der Waals surface area contributed by atoms with Crippen LogP contribution in [0.2, 0.25) is 0 Å². The monoisotopic (exact) mass is 1390 g/mol. The molecule has 19 rings (SSSR count). The van der Waals surface area contributed by atoms with Crippen molar-refractivity contribution in [3.8, 4) is 61.3 Å². The number of hydrogen-bond donors (Lipinski definition) is 0. The number of para-hydroxylation sites is 2. The Morgan fingerprint density at radius 3 is 1.30 bits per heavy atom. The van der Waals surface area contributed by atoms with Gasteiger partial charge in [0.15, 0.2) is 0 Å². The summed E-state index contributed by atoms with van der Waals surface area (Å²) < 4.78 is 2.57. The first-order chi connectivity index (χ1) is 52.1. The van der Waals surface area contributed by atoms with Gasteiger partial charge in [-0.3, -0.25) is 0 Å². The van der Waals surface area contributed by atoms with E-state index in [-0.39, 0.29) is 40.2 Å². The molecular formula is C104H92BN3. The van der Waals surface area contributed by atoms with Crippen LogP contribution >= 0.6 is 0 Å². The van der Waals surface area contributed by atoms with Gasteiger partial charge in [-0.05, 0) is 189 Å². The highest BCUT2D eigenvalue weighted by molar-refractivity contribution is 7.00. The third-order valence-electron chi connectivity index (χ3n) is 24.4. The molecule has 0 radical (unpaired) electrons. The largest absolute Gasteiger partial charge is 0.310 e. The number of benzene rings is 12. The molecule has 2 aliphatic heterocycles. The van der Waals surface area contributed by atoms with Crippen molar-refractivity contribution in [2.75, 3.05) is 9.80 Å². The number of nitrogens with zero attached hydrogens (tertiary/aromatic N) is 3. The average Bonchev–Trinajstić information content (AvgIpc) is 0.802. The minimum atomic E-state index is -0.259. The summed E-state index contributed by atoms with van der Waals surface area (Å²) >= 11 is 0. The van der Waals surface area contributed by atoms with Crippen LogP contribution in [0.15, 0.2) is 337 Å². The summed E-state index contributed by atoms with van der Waals surface area (Å²) in [5, 5.41) is 2.44. The predicted molar refractivity (Wildman–Crippen MR) is 462 cm³/mol. The Morgan fingerprint density at radius 2 is 0.815 bits per heavy atom. The molecule has 0 saturated carbocycles. The molecule has 0 spiro atoms. The molecule has 6 aliphatic rings. The van der Waals surface area contributed by atoms with Crippen molar-refractivity contribution in [3.05, 3.63) is 354 Å². The Balaban J connectivity index is 1.02. The SMILES string of the molecule is CC(C)(C)C1=CC2=CC(c3ccc4c(c3)N(c3c(-c5ccccc5)cc(C(C)(C)C)cc3-c3ccccc3)c3cc(-n5c6ccccc6c6ccccc65)cc5c3B4c3cc(-c4ccccc4)ccc3N5c3c(-c4ccccc4)cc(C(C)(C)C)cc3-c3ccccc3)=C3C=C(C(C)(C)C)CC4C=CC(=C1)C2C34. The van der Waals surface area contributed by atoms with Crippen LogP contribution in [0.5, 0.6) is 0 Å². The van der Waals surface area contributed by atoms with Crippen molar-refractivity contribution in [1.82, 2.24) is 4.57 Å². The highest BCUT2D eigenvalue weighted by Crippen LogP contribution is 2.60. The fourth-order valence-corrected chi connectivity index (χ4v) is 18.7. The third-order valence-corrected chi connectivity index (χ3v) is 24.4. The average molecular weight is 1390 g/mol. The van der Waals surface area contributed by atoms with E-state index in [1.165, 1.54) is 116 Å². The van der Waals surface area contributed by atoms with Crippen LogP contribution in [0.3, 0.4) is 0 Å². The van der Waals surface area contributed by atoms with Crippen molar-refractivity contribution in [1.29, 1.82) is 0 Å². The van der Waals surface area contributed by atoms with E-state index in [1.807, 2.05) is 0 Å². The fourth-order valence-electron chi connectivity index (χ4n) is 18.7. The van der Waals surface area contributed by atoms with Gasteiger partial charge < -0.3 is 14.4 Å². The summed E-state index contributed by atoms with van der Waals surface area (Å²) in [6.45, 7) is 28.4. The second kappa shape index (κ2) is 25.1. The van der Waals surface area contributed by atoms with Crippen LogP contribution < -0.4 is 26.2 Å². The van der Waals surface area contributed by atoms with Crippen LogP contribution in [0.1, 0.15) is 106 Å². The van der Waals surface area contributed by atoms with Gasteiger partial charge in [0, 0.05) is 67.6 Å². The summed E-state index contributed by atoms with van der Waals surface area (Å²) in [6.07, 6.45) is 16.6. The zero-order chi connectivity index (χ0) is 73.9. The van der Waals surface area contributed by atoms with Crippen LogP contribution in [-0.2, 0) is 10.8 Å². The molecule has 526 valence electrons. The van der Waals surface area contributed by atoms with Crippen molar-refractivity contribution >= 4 is 84.6 Å². The van der Waals surface area contributed by atoms with Gasteiger partial charge in [0.25, 0.3) is 6.71 Å². The number of aromatic nitrogens is 1. The Kier molecular flexibility index (Phi) is 15.6. The van der Waals surface area contributed by atoms with Crippen LogP contribution in [0.4, 0.5) is 34.1 Å². The lowest BCUT2D eigenvalue weighted by molar-refractivity contribution is 0.329.